The van der Waals surface area contributed by atoms with Crippen molar-refractivity contribution in [1.29, 1.82) is 0 Å². The zero-order chi connectivity index (χ0) is 10.1. The maximum atomic E-state index is 9.44. The molecule has 0 aromatic carbocycles. The minimum absolute atomic E-state index is 0.0532. The fraction of sp³-hybridized carbons (Fsp3) is 0.545. The lowest BCUT2D eigenvalue weighted by Gasteiger charge is -2.18. The summed E-state index contributed by atoms with van der Waals surface area (Å²) in [5, 5.41) is 9.44. The van der Waals surface area contributed by atoms with Crippen molar-refractivity contribution in [2.24, 2.45) is 0 Å². The molecule has 0 aliphatic rings. The Labute approximate surface area is 79.6 Å². The second-order valence-corrected chi connectivity index (χ2v) is 4.27. The number of aromatic hydroxyl groups is 1. The Bertz CT molecular complexity index is 299. The minimum atomic E-state index is 0.0532. The van der Waals surface area contributed by atoms with Crippen LogP contribution in [0.5, 0.6) is 5.75 Å². The first-order valence-electron chi connectivity index (χ1n) is 4.64. The zero-order valence-electron chi connectivity index (χ0n) is 8.76. The summed E-state index contributed by atoms with van der Waals surface area (Å²) < 4.78 is 0. The fourth-order valence-corrected chi connectivity index (χ4v) is 1.17. The van der Waals surface area contributed by atoms with Gasteiger partial charge >= 0.3 is 0 Å². The number of aryl methyl sites for hydroxylation is 1. The zero-order valence-corrected chi connectivity index (χ0v) is 8.76. The average Bonchev–Trinajstić information content (AvgIpc) is 2.03. The second-order valence-electron chi connectivity index (χ2n) is 4.27. The number of aromatic nitrogens is 1. The second kappa shape index (κ2) is 3.36. The topological polar surface area (TPSA) is 33.1 Å². The van der Waals surface area contributed by atoms with Crippen molar-refractivity contribution >= 4 is 0 Å². The summed E-state index contributed by atoms with van der Waals surface area (Å²) in [6.45, 7) is 8.35. The Morgan fingerprint density at radius 2 is 1.92 bits per heavy atom. The third kappa shape index (κ3) is 2.20. The molecule has 72 valence electrons. The summed E-state index contributed by atoms with van der Waals surface area (Å²) >= 11 is 0. The van der Waals surface area contributed by atoms with Gasteiger partial charge in [0.25, 0.3) is 0 Å². The molecule has 0 amide bonds. The third-order valence-corrected chi connectivity index (χ3v) is 2.05. The lowest BCUT2D eigenvalue weighted by Crippen LogP contribution is -2.14. The molecule has 0 saturated carbocycles. The molecule has 0 unspecified atom stereocenters. The standard InChI is InChI=1S/C11H17NO/c1-5-8-9(13)6-7-10(12-8)11(2,3)4/h6-7,13H,5H2,1-4H3. The van der Waals surface area contributed by atoms with Crippen LogP contribution in [0.25, 0.3) is 0 Å². The van der Waals surface area contributed by atoms with Gasteiger partial charge in [-0.2, -0.15) is 0 Å². The van der Waals surface area contributed by atoms with E-state index in [2.05, 4.69) is 25.8 Å². The molecule has 1 rings (SSSR count). The molecule has 0 bridgehead atoms. The van der Waals surface area contributed by atoms with Crippen molar-refractivity contribution in [3.05, 3.63) is 23.5 Å². The predicted molar refractivity (Wildman–Crippen MR) is 54.0 cm³/mol. The average molecular weight is 179 g/mol. The van der Waals surface area contributed by atoms with Crippen LogP contribution in [0, 0.1) is 0 Å². The van der Waals surface area contributed by atoms with E-state index in [1.54, 1.807) is 6.07 Å². The lowest BCUT2D eigenvalue weighted by molar-refractivity contribution is 0.460. The molecule has 2 nitrogen and oxygen atoms in total. The van der Waals surface area contributed by atoms with Crippen molar-refractivity contribution in [2.75, 3.05) is 0 Å². The van der Waals surface area contributed by atoms with Gasteiger partial charge in [0.15, 0.2) is 0 Å². The smallest absolute Gasteiger partial charge is 0.137 e. The van der Waals surface area contributed by atoms with Crippen LogP contribution in [0.1, 0.15) is 39.1 Å². The van der Waals surface area contributed by atoms with Crippen LogP contribution in [0.3, 0.4) is 0 Å². The number of hydrogen-bond donors (Lipinski definition) is 1. The van der Waals surface area contributed by atoms with Gasteiger partial charge in [-0.1, -0.05) is 27.7 Å². The maximum absolute atomic E-state index is 9.44. The number of rotatable bonds is 1. The molecular weight excluding hydrogens is 162 g/mol. The van der Waals surface area contributed by atoms with Crippen LogP contribution >= 0.6 is 0 Å². The first-order valence-corrected chi connectivity index (χ1v) is 4.64. The van der Waals surface area contributed by atoms with Crippen LogP contribution in [0.15, 0.2) is 12.1 Å². The van der Waals surface area contributed by atoms with Gasteiger partial charge in [-0.15, -0.1) is 0 Å². The van der Waals surface area contributed by atoms with E-state index in [-0.39, 0.29) is 5.41 Å². The summed E-state index contributed by atoms with van der Waals surface area (Å²) in [5.74, 6) is 0.301. The highest BCUT2D eigenvalue weighted by atomic mass is 16.3. The Hall–Kier alpha value is -1.05. The summed E-state index contributed by atoms with van der Waals surface area (Å²) in [5.41, 5.74) is 1.87. The Kier molecular flexibility index (Phi) is 2.60. The largest absolute Gasteiger partial charge is 0.506 e. The summed E-state index contributed by atoms with van der Waals surface area (Å²) in [7, 11) is 0. The van der Waals surface area contributed by atoms with Gasteiger partial charge in [0.05, 0.1) is 5.69 Å². The molecule has 0 radical (unpaired) electrons. The van der Waals surface area contributed by atoms with Gasteiger partial charge in [0.2, 0.25) is 0 Å². The van der Waals surface area contributed by atoms with E-state index in [0.29, 0.717) is 5.75 Å². The maximum Gasteiger partial charge on any atom is 0.137 e. The molecule has 0 fully saturated rings. The molecule has 0 atom stereocenters. The van der Waals surface area contributed by atoms with Crippen molar-refractivity contribution in [1.82, 2.24) is 4.98 Å². The highest BCUT2D eigenvalue weighted by Gasteiger charge is 2.16. The number of hydrogen-bond acceptors (Lipinski definition) is 2. The van der Waals surface area contributed by atoms with Crippen molar-refractivity contribution in [3.63, 3.8) is 0 Å². The molecule has 2 heteroatoms. The van der Waals surface area contributed by atoms with E-state index in [4.69, 9.17) is 0 Å². The Morgan fingerprint density at radius 3 is 2.38 bits per heavy atom. The van der Waals surface area contributed by atoms with E-state index in [0.717, 1.165) is 17.8 Å². The first kappa shape index (κ1) is 10.0. The van der Waals surface area contributed by atoms with E-state index in [1.165, 1.54) is 0 Å². The van der Waals surface area contributed by atoms with Crippen LogP contribution in [0.4, 0.5) is 0 Å². The van der Waals surface area contributed by atoms with E-state index in [1.807, 2.05) is 13.0 Å². The highest BCUT2D eigenvalue weighted by molar-refractivity contribution is 5.30. The molecule has 0 saturated heterocycles. The van der Waals surface area contributed by atoms with Crippen molar-refractivity contribution < 1.29 is 5.11 Å². The fourth-order valence-electron chi connectivity index (χ4n) is 1.17. The van der Waals surface area contributed by atoms with Crippen LogP contribution < -0.4 is 0 Å². The van der Waals surface area contributed by atoms with Gasteiger partial charge in [0, 0.05) is 11.1 Å². The van der Waals surface area contributed by atoms with Crippen LogP contribution in [-0.4, -0.2) is 10.1 Å². The normalized spacial score (nSPS) is 11.7. The number of nitrogens with zero attached hydrogens (tertiary/aromatic N) is 1. The Morgan fingerprint density at radius 1 is 1.31 bits per heavy atom. The van der Waals surface area contributed by atoms with Gasteiger partial charge < -0.3 is 5.11 Å². The molecule has 0 aliphatic heterocycles. The Balaban J connectivity index is 3.14. The monoisotopic (exact) mass is 179 g/mol. The third-order valence-electron chi connectivity index (χ3n) is 2.05. The minimum Gasteiger partial charge on any atom is -0.506 e. The van der Waals surface area contributed by atoms with Crippen LogP contribution in [-0.2, 0) is 11.8 Å². The summed E-state index contributed by atoms with van der Waals surface area (Å²) in [6.07, 6.45) is 0.774. The first-order chi connectivity index (χ1) is 5.95. The molecule has 0 aliphatic carbocycles. The number of pyridine rings is 1. The molecule has 1 aromatic rings. The molecule has 1 aromatic heterocycles. The molecule has 1 N–H and O–H groups in total. The SMILES string of the molecule is CCc1nc(C(C)(C)C)ccc1O. The molecule has 13 heavy (non-hydrogen) atoms. The van der Waals surface area contributed by atoms with Crippen molar-refractivity contribution in [3.8, 4) is 5.75 Å². The highest BCUT2D eigenvalue weighted by Crippen LogP contribution is 2.24. The summed E-state index contributed by atoms with van der Waals surface area (Å²) in [6, 6.07) is 3.61. The van der Waals surface area contributed by atoms with Gasteiger partial charge in [-0.3, -0.25) is 4.98 Å². The van der Waals surface area contributed by atoms with Gasteiger partial charge in [-0.05, 0) is 18.6 Å². The molecule has 1 heterocycles. The van der Waals surface area contributed by atoms with Gasteiger partial charge in [-0.25, -0.2) is 0 Å². The summed E-state index contributed by atoms with van der Waals surface area (Å²) in [4.78, 5) is 4.41. The van der Waals surface area contributed by atoms with E-state index >= 15 is 0 Å². The van der Waals surface area contributed by atoms with E-state index < -0.39 is 0 Å². The predicted octanol–water partition coefficient (Wildman–Crippen LogP) is 2.65. The molecular formula is C11H17NO. The van der Waals surface area contributed by atoms with Crippen LogP contribution in [0.2, 0.25) is 0 Å². The van der Waals surface area contributed by atoms with Crippen molar-refractivity contribution in [2.45, 2.75) is 39.5 Å². The van der Waals surface area contributed by atoms with Gasteiger partial charge in [0.1, 0.15) is 5.75 Å². The lowest BCUT2D eigenvalue weighted by atomic mass is 9.91. The molecule has 0 spiro atoms. The van der Waals surface area contributed by atoms with E-state index in [9.17, 15) is 5.11 Å². The quantitative estimate of drug-likeness (QED) is 0.719.